The van der Waals surface area contributed by atoms with E-state index < -0.39 is 0 Å². The minimum atomic E-state index is 0.188. The molecule has 27 heavy (non-hydrogen) atoms. The van der Waals surface area contributed by atoms with Gasteiger partial charge >= 0.3 is 0 Å². The molecule has 0 fully saturated rings. The van der Waals surface area contributed by atoms with Gasteiger partial charge in [-0.1, -0.05) is 42.5 Å². The van der Waals surface area contributed by atoms with E-state index in [-0.39, 0.29) is 5.75 Å². The first kappa shape index (κ1) is 17.3. The third-order valence-electron chi connectivity index (χ3n) is 4.78. The van der Waals surface area contributed by atoms with Crippen molar-refractivity contribution >= 4 is 80.5 Å². The van der Waals surface area contributed by atoms with E-state index in [1.54, 1.807) is 0 Å². The third-order valence-corrected chi connectivity index (χ3v) is 6.78. The third kappa shape index (κ3) is 2.56. The Labute approximate surface area is 180 Å². The molecule has 0 atom stereocenters. The molecule has 5 heteroatoms. The summed E-state index contributed by atoms with van der Waals surface area (Å²) in [6.45, 7) is 0. The predicted molar refractivity (Wildman–Crippen MR) is 121 cm³/mol. The van der Waals surface area contributed by atoms with E-state index in [9.17, 15) is 5.11 Å². The number of hydrogen-bond donors (Lipinski definition) is 1. The fourth-order valence-electron chi connectivity index (χ4n) is 3.61. The van der Waals surface area contributed by atoms with E-state index in [1.807, 2.05) is 42.5 Å². The number of furan rings is 1. The van der Waals surface area contributed by atoms with Gasteiger partial charge in [-0.15, -0.1) is 0 Å². The average molecular weight is 547 g/mol. The molecule has 0 amide bonds. The summed E-state index contributed by atoms with van der Waals surface area (Å²) in [6, 6.07) is 20.2. The highest BCUT2D eigenvalue weighted by atomic mass is 79.9. The lowest BCUT2D eigenvalue weighted by atomic mass is 9.93. The molecular weight excluding hydrogens is 536 g/mol. The van der Waals surface area contributed by atoms with Gasteiger partial charge in [-0.25, -0.2) is 0 Å². The second kappa shape index (κ2) is 6.36. The van der Waals surface area contributed by atoms with Crippen LogP contribution in [-0.2, 0) is 0 Å². The fraction of sp³-hybridized carbons (Fsp3) is 0. The maximum absolute atomic E-state index is 10.2. The smallest absolute Gasteiger partial charge is 0.150 e. The number of hydrogen-bond acceptors (Lipinski definition) is 2. The fourth-order valence-corrected chi connectivity index (χ4v) is 5.42. The van der Waals surface area contributed by atoms with E-state index in [0.29, 0.717) is 8.95 Å². The van der Waals surface area contributed by atoms with Gasteiger partial charge in [0.05, 0.1) is 13.4 Å². The summed E-state index contributed by atoms with van der Waals surface area (Å²) >= 11 is 10.7. The Morgan fingerprint density at radius 3 is 2.04 bits per heavy atom. The van der Waals surface area contributed by atoms with Crippen LogP contribution in [0.25, 0.3) is 43.8 Å². The Balaban J connectivity index is 2.08. The molecule has 0 bridgehead atoms. The largest absolute Gasteiger partial charge is 0.506 e. The molecule has 132 valence electrons. The molecule has 0 aliphatic heterocycles. The Bertz CT molecular complexity index is 1350. The SMILES string of the molecule is Oc1c(Br)cc(-c2c3ccccc3c(Br)c3oc4ccccc4c23)cc1Br. The lowest BCUT2D eigenvalue weighted by Crippen LogP contribution is -1.87. The number of phenolic OH excluding ortho intramolecular Hbond substituents is 1. The van der Waals surface area contributed by atoms with Crippen LogP contribution in [0.5, 0.6) is 5.75 Å². The van der Waals surface area contributed by atoms with Gasteiger partial charge in [0.15, 0.2) is 5.58 Å². The first-order valence-corrected chi connectivity index (χ1v) is 10.6. The minimum Gasteiger partial charge on any atom is -0.506 e. The maximum atomic E-state index is 10.2. The van der Waals surface area contributed by atoms with Crippen molar-refractivity contribution in [1.82, 2.24) is 0 Å². The van der Waals surface area contributed by atoms with Gasteiger partial charge in [0.2, 0.25) is 0 Å². The molecule has 0 spiro atoms. The summed E-state index contributed by atoms with van der Waals surface area (Å²) in [5.74, 6) is 0.188. The summed E-state index contributed by atoms with van der Waals surface area (Å²) in [6.07, 6.45) is 0. The Morgan fingerprint density at radius 1 is 0.741 bits per heavy atom. The van der Waals surface area contributed by atoms with Crippen molar-refractivity contribution in [3.05, 3.63) is 74.1 Å². The minimum absolute atomic E-state index is 0.188. The standard InChI is InChI=1S/C22H11Br3O2/c23-15-9-11(10-16(24)21(15)26)18-12-5-1-2-6-13(12)20(25)22-19(18)14-7-3-4-8-17(14)27-22/h1-10,26H. The number of para-hydroxylation sites is 1. The van der Waals surface area contributed by atoms with Crippen molar-refractivity contribution in [3.63, 3.8) is 0 Å². The first-order valence-electron chi connectivity index (χ1n) is 8.26. The normalized spacial score (nSPS) is 11.7. The molecule has 0 unspecified atom stereocenters. The van der Waals surface area contributed by atoms with Crippen molar-refractivity contribution < 1.29 is 9.52 Å². The molecule has 0 aliphatic rings. The summed E-state index contributed by atoms with van der Waals surface area (Å²) < 4.78 is 8.44. The molecule has 4 aromatic carbocycles. The highest BCUT2D eigenvalue weighted by molar-refractivity contribution is 9.11. The van der Waals surface area contributed by atoms with Gasteiger partial charge in [-0.3, -0.25) is 0 Å². The number of rotatable bonds is 1. The summed E-state index contributed by atoms with van der Waals surface area (Å²) in [7, 11) is 0. The average Bonchev–Trinajstić information content (AvgIpc) is 3.06. The summed E-state index contributed by atoms with van der Waals surface area (Å²) in [5.41, 5.74) is 3.74. The molecule has 2 nitrogen and oxygen atoms in total. The van der Waals surface area contributed by atoms with Gasteiger partial charge in [0.25, 0.3) is 0 Å². The lowest BCUT2D eigenvalue weighted by molar-refractivity contribution is 0.468. The zero-order chi connectivity index (χ0) is 18.7. The van der Waals surface area contributed by atoms with E-state index >= 15 is 0 Å². The number of phenols is 1. The van der Waals surface area contributed by atoms with Crippen LogP contribution in [0.1, 0.15) is 0 Å². The number of fused-ring (bicyclic) bond motifs is 4. The highest BCUT2D eigenvalue weighted by Crippen LogP contribution is 2.47. The van der Waals surface area contributed by atoms with Crippen LogP contribution in [-0.4, -0.2) is 5.11 Å². The van der Waals surface area contributed by atoms with E-state index in [1.165, 1.54) is 0 Å². The molecule has 0 saturated carbocycles. The number of benzene rings is 4. The lowest BCUT2D eigenvalue weighted by Gasteiger charge is -2.13. The molecule has 0 radical (unpaired) electrons. The van der Waals surface area contributed by atoms with Crippen LogP contribution in [0.15, 0.2) is 78.5 Å². The molecule has 1 aromatic heterocycles. The second-order valence-electron chi connectivity index (χ2n) is 6.33. The van der Waals surface area contributed by atoms with Crippen LogP contribution in [0.3, 0.4) is 0 Å². The van der Waals surface area contributed by atoms with Crippen molar-refractivity contribution in [2.75, 3.05) is 0 Å². The molecule has 5 rings (SSSR count). The van der Waals surface area contributed by atoms with Crippen LogP contribution < -0.4 is 0 Å². The summed E-state index contributed by atoms with van der Waals surface area (Å²) in [5, 5.41) is 14.5. The molecule has 1 heterocycles. The molecule has 0 saturated heterocycles. The second-order valence-corrected chi connectivity index (χ2v) is 8.83. The van der Waals surface area contributed by atoms with Crippen LogP contribution >= 0.6 is 47.8 Å². The maximum Gasteiger partial charge on any atom is 0.150 e. The van der Waals surface area contributed by atoms with Crippen molar-refractivity contribution in [2.24, 2.45) is 0 Å². The zero-order valence-corrected chi connectivity index (χ0v) is 18.5. The summed E-state index contributed by atoms with van der Waals surface area (Å²) in [4.78, 5) is 0. The van der Waals surface area contributed by atoms with Gasteiger partial charge in [-0.2, -0.15) is 0 Å². The van der Waals surface area contributed by atoms with Crippen molar-refractivity contribution in [3.8, 4) is 16.9 Å². The topological polar surface area (TPSA) is 33.4 Å². The van der Waals surface area contributed by atoms with Crippen molar-refractivity contribution in [2.45, 2.75) is 0 Å². The van der Waals surface area contributed by atoms with E-state index in [4.69, 9.17) is 4.42 Å². The van der Waals surface area contributed by atoms with Crippen LogP contribution in [0.2, 0.25) is 0 Å². The molecular formula is C22H11Br3O2. The predicted octanol–water partition coefficient (Wildman–Crippen LogP) is 8.40. The van der Waals surface area contributed by atoms with Crippen LogP contribution in [0, 0.1) is 0 Å². The first-order chi connectivity index (χ1) is 13.1. The van der Waals surface area contributed by atoms with E-state index in [2.05, 4.69) is 66.0 Å². The van der Waals surface area contributed by atoms with E-state index in [0.717, 1.165) is 48.3 Å². The zero-order valence-electron chi connectivity index (χ0n) is 13.8. The van der Waals surface area contributed by atoms with Crippen molar-refractivity contribution in [1.29, 1.82) is 0 Å². The molecule has 1 N–H and O–H groups in total. The Kier molecular flexibility index (Phi) is 4.08. The number of aromatic hydroxyl groups is 1. The highest BCUT2D eigenvalue weighted by Gasteiger charge is 2.21. The van der Waals surface area contributed by atoms with Crippen LogP contribution in [0.4, 0.5) is 0 Å². The Hall–Kier alpha value is -1.82. The number of halogens is 3. The Morgan fingerprint density at radius 2 is 1.33 bits per heavy atom. The quantitative estimate of drug-likeness (QED) is 0.229. The van der Waals surface area contributed by atoms with Gasteiger partial charge < -0.3 is 9.52 Å². The van der Waals surface area contributed by atoms with Gasteiger partial charge in [0, 0.05) is 21.7 Å². The van der Waals surface area contributed by atoms with Gasteiger partial charge in [-0.05, 0) is 76.9 Å². The molecule has 0 aliphatic carbocycles. The molecule has 5 aromatic rings. The monoisotopic (exact) mass is 544 g/mol. The van der Waals surface area contributed by atoms with Gasteiger partial charge in [0.1, 0.15) is 11.3 Å².